The second-order valence-corrected chi connectivity index (χ2v) is 10.4. The highest BCUT2D eigenvalue weighted by molar-refractivity contribution is 5.93. The molecule has 0 aliphatic rings. The molecule has 0 aromatic carbocycles. The lowest BCUT2D eigenvalue weighted by Crippen LogP contribution is -2.15. The molecule has 34 heavy (non-hydrogen) atoms. The third kappa shape index (κ3) is 24.2. The number of allylic oxidation sites excluding steroid dienone is 2. The van der Waals surface area contributed by atoms with E-state index < -0.39 is 5.92 Å². The molecule has 0 aromatic rings. The van der Waals surface area contributed by atoms with Gasteiger partial charge in [0.15, 0.2) is 0 Å². The van der Waals surface area contributed by atoms with Crippen molar-refractivity contribution in [3.63, 3.8) is 0 Å². The molecule has 1 radical (unpaired) electrons. The number of ketones is 1. The third-order valence-electron chi connectivity index (χ3n) is 7.06. The van der Waals surface area contributed by atoms with Gasteiger partial charge in [-0.3, -0.25) is 9.59 Å². The molecule has 0 aliphatic carbocycles. The zero-order chi connectivity index (χ0) is 25.0. The number of hydrogen-bond donors (Lipinski definition) is 0. The van der Waals surface area contributed by atoms with Crippen LogP contribution in [0.15, 0.2) is 12.2 Å². The Bertz CT molecular complexity index is 454. The first kappa shape index (κ1) is 33.1. The van der Waals surface area contributed by atoms with Gasteiger partial charge in [0.2, 0.25) is 6.29 Å². The molecule has 199 valence electrons. The monoisotopic (exact) mass is 475 g/mol. The third-order valence-corrected chi connectivity index (χ3v) is 7.06. The smallest absolute Gasteiger partial charge is 0.209 e. The number of Topliss-reactive ketones (excluding diaryl/α,β-unsaturated/α-hetero) is 1. The summed E-state index contributed by atoms with van der Waals surface area (Å²) in [5.41, 5.74) is 0. The predicted molar refractivity (Wildman–Crippen MR) is 150 cm³/mol. The van der Waals surface area contributed by atoms with Crippen LogP contribution in [0.3, 0.4) is 0 Å². The molecule has 0 aliphatic heterocycles. The molecule has 0 N–H and O–H groups in total. The van der Waals surface area contributed by atoms with Crippen molar-refractivity contribution in [2.45, 2.75) is 174 Å². The summed E-state index contributed by atoms with van der Waals surface area (Å²) in [6.07, 6.45) is 37.2. The van der Waals surface area contributed by atoms with Gasteiger partial charge in [-0.25, -0.2) is 0 Å². The Morgan fingerprint density at radius 2 is 0.941 bits per heavy atom. The molecule has 0 amide bonds. The summed E-state index contributed by atoms with van der Waals surface area (Å²) in [7, 11) is 0. The van der Waals surface area contributed by atoms with Gasteiger partial charge in [-0.2, -0.15) is 0 Å². The zero-order valence-corrected chi connectivity index (χ0v) is 23.2. The van der Waals surface area contributed by atoms with Crippen LogP contribution in [-0.2, 0) is 9.59 Å². The molecule has 1 unspecified atom stereocenters. The molecule has 2 nitrogen and oxygen atoms in total. The molecule has 0 heterocycles. The fourth-order valence-electron chi connectivity index (χ4n) is 4.67. The van der Waals surface area contributed by atoms with Gasteiger partial charge >= 0.3 is 0 Å². The maximum absolute atomic E-state index is 12.3. The van der Waals surface area contributed by atoms with Gasteiger partial charge in [0.25, 0.3) is 0 Å². The van der Waals surface area contributed by atoms with E-state index in [1.165, 1.54) is 116 Å². The highest BCUT2D eigenvalue weighted by Gasteiger charge is 2.17. The van der Waals surface area contributed by atoms with Crippen LogP contribution in [0.5, 0.6) is 0 Å². The van der Waals surface area contributed by atoms with Crippen molar-refractivity contribution in [1.29, 1.82) is 0 Å². The minimum Gasteiger partial charge on any atom is -0.299 e. The van der Waals surface area contributed by atoms with Crippen molar-refractivity contribution >= 4 is 12.1 Å². The van der Waals surface area contributed by atoms with Crippen LogP contribution in [0.2, 0.25) is 0 Å². The Hall–Kier alpha value is -0.920. The van der Waals surface area contributed by atoms with E-state index in [9.17, 15) is 9.59 Å². The van der Waals surface area contributed by atoms with Crippen molar-refractivity contribution in [3.05, 3.63) is 12.2 Å². The maximum atomic E-state index is 12.3. The van der Waals surface area contributed by atoms with Gasteiger partial charge in [-0.05, 0) is 38.5 Å². The van der Waals surface area contributed by atoms with Gasteiger partial charge in [-0.1, -0.05) is 142 Å². The van der Waals surface area contributed by atoms with Crippen molar-refractivity contribution < 1.29 is 9.59 Å². The Morgan fingerprint density at radius 3 is 1.41 bits per heavy atom. The van der Waals surface area contributed by atoms with Crippen molar-refractivity contribution in [3.8, 4) is 0 Å². The molecule has 0 fully saturated rings. The Balaban J connectivity index is 3.49. The molecule has 0 spiro atoms. The van der Waals surface area contributed by atoms with Gasteiger partial charge < -0.3 is 0 Å². The Morgan fingerprint density at radius 1 is 0.559 bits per heavy atom. The van der Waals surface area contributed by atoms with Crippen molar-refractivity contribution in [2.24, 2.45) is 5.92 Å². The average Bonchev–Trinajstić information content (AvgIpc) is 2.85. The van der Waals surface area contributed by atoms with Gasteiger partial charge in [0.1, 0.15) is 5.78 Å². The molecule has 0 saturated carbocycles. The number of unbranched alkanes of at least 4 members (excludes halogenated alkanes) is 20. The molecule has 1 atom stereocenters. The molecule has 0 saturated heterocycles. The quantitative estimate of drug-likeness (QED) is 0.0640. The summed E-state index contributed by atoms with van der Waals surface area (Å²) in [5.74, 6) is -0.343. The number of carbonyl (C=O) groups is 1. The van der Waals surface area contributed by atoms with E-state index in [2.05, 4.69) is 26.0 Å². The largest absolute Gasteiger partial charge is 0.299 e. The van der Waals surface area contributed by atoms with Gasteiger partial charge in [0.05, 0.1) is 5.92 Å². The summed E-state index contributed by atoms with van der Waals surface area (Å²) in [6, 6.07) is 0. The number of carbonyl (C=O) groups excluding carboxylic acids is 2. The lowest BCUT2D eigenvalue weighted by atomic mass is 9.94. The summed E-state index contributed by atoms with van der Waals surface area (Å²) < 4.78 is 0. The highest BCUT2D eigenvalue weighted by Crippen LogP contribution is 2.16. The molecular weight excluding hydrogens is 416 g/mol. The van der Waals surface area contributed by atoms with Crippen LogP contribution in [0, 0.1) is 5.92 Å². The Kier molecular flexibility index (Phi) is 27.6. The second-order valence-electron chi connectivity index (χ2n) is 10.4. The van der Waals surface area contributed by atoms with Crippen LogP contribution in [0.25, 0.3) is 0 Å². The summed E-state index contributed by atoms with van der Waals surface area (Å²) in [5, 5.41) is 0. The van der Waals surface area contributed by atoms with Crippen LogP contribution in [0.1, 0.15) is 174 Å². The van der Waals surface area contributed by atoms with Crippen molar-refractivity contribution in [1.82, 2.24) is 0 Å². The van der Waals surface area contributed by atoms with E-state index in [1.54, 1.807) is 0 Å². The first-order chi connectivity index (χ1) is 16.8. The first-order valence-electron chi connectivity index (χ1n) is 15.3. The maximum Gasteiger partial charge on any atom is 0.209 e. The van der Waals surface area contributed by atoms with Gasteiger partial charge in [0, 0.05) is 6.42 Å². The molecular formula is C32H59O2. The van der Waals surface area contributed by atoms with Crippen LogP contribution in [-0.4, -0.2) is 12.1 Å². The van der Waals surface area contributed by atoms with E-state index in [4.69, 9.17) is 0 Å². The fraction of sp³-hybridized carbons (Fsp3) is 0.875. The molecule has 0 bridgehead atoms. The average molecular weight is 476 g/mol. The number of hydrogen-bond acceptors (Lipinski definition) is 2. The number of rotatable bonds is 28. The summed E-state index contributed by atoms with van der Waals surface area (Å²) in [6.45, 7) is 4.52. The van der Waals surface area contributed by atoms with Crippen molar-refractivity contribution in [2.75, 3.05) is 0 Å². The van der Waals surface area contributed by atoms with E-state index in [0.29, 0.717) is 12.8 Å². The van der Waals surface area contributed by atoms with Gasteiger partial charge in [-0.15, -0.1) is 0 Å². The lowest BCUT2D eigenvalue weighted by Gasteiger charge is -2.08. The minimum atomic E-state index is -0.472. The predicted octanol–water partition coefficient (Wildman–Crippen LogP) is 10.6. The van der Waals surface area contributed by atoms with Crippen LogP contribution < -0.4 is 0 Å². The first-order valence-corrected chi connectivity index (χ1v) is 15.3. The van der Waals surface area contributed by atoms with E-state index >= 15 is 0 Å². The zero-order valence-electron chi connectivity index (χ0n) is 23.2. The van der Waals surface area contributed by atoms with E-state index in [0.717, 1.165) is 32.1 Å². The topological polar surface area (TPSA) is 34.1 Å². The van der Waals surface area contributed by atoms with Crippen LogP contribution >= 0.6 is 0 Å². The standard InChI is InChI=1S/C32H59O2/c1-3-5-7-9-11-13-15-17-19-21-23-25-27-29-32(34)31(30-33)28-26-24-22-20-18-16-14-12-10-8-6-4-2/h14,16,31H,3-13,15,17-29H2,1-2H3/b16-14-. The molecule has 0 aromatic heterocycles. The SMILES string of the molecule is CCCCCC/C=C\CCCCCCC([C]=O)C(=O)CCCCCCCCCCCCCCC. The normalized spacial score (nSPS) is 12.4. The lowest BCUT2D eigenvalue weighted by molar-refractivity contribution is -0.121. The minimum absolute atomic E-state index is 0.129. The summed E-state index contributed by atoms with van der Waals surface area (Å²) >= 11 is 0. The van der Waals surface area contributed by atoms with E-state index in [-0.39, 0.29) is 5.78 Å². The highest BCUT2D eigenvalue weighted by atomic mass is 16.1. The second kappa shape index (κ2) is 28.3. The molecule has 0 rings (SSSR count). The fourth-order valence-corrected chi connectivity index (χ4v) is 4.67. The van der Waals surface area contributed by atoms with E-state index in [1.807, 2.05) is 6.29 Å². The van der Waals surface area contributed by atoms with Crippen LogP contribution in [0.4, 0.5) is 0 Å². The summed E-state index contributed by atoms with van der Waals surface area (Å²) in [4.78, 5) is 23.6. The molecule has 2 heteroatoms. The Labute approximate surface area is 214 Å².